The molecule has 1 aromatic carbocycles. The Bertz CT molecular complexity index is 793. The summed E-state index contributed by atoms with van der Waals surface area (Å²) in [6, 6.07) is 6.08. The Balaban J connectivity index is 1.98. The zero-order valence-corrected chi connectivity index (χ0v) is 11.5. The van der Waals surface area contributed by atoms with E-state index in [-0.39, 0.29) is 40.1 Å². The number of hydrogen-bond acceptors (Lipinski definition) is 6. The molecule has 1 fully saturated rings. The van der Waals surface area contributed by atoms with Gasteiger partial charge in [0.2, 0.25) is 5.78 Å². The minimum absolute atomic E-state index is 0.00671. The molecular formula is C15H9NO4S. The standard InChI is InChI=1S/C15H9NO4S/c17-9-5-8-15(21-9)14(20)10-11(16-8)13(19)7-4-2-1-3-6(7)12(10)18/h1-4,8,15,18H,5H2. The summed E-state index contributed by atoms with van der Waals surface area (Å²) in [5.41, 5.74) is 0.633. The van der Waals surface area contributed by atoms with Crippen molar-refractivity contribution in [3.05, 3.63) is 41.0 Å². The van der Waals surface area contributed by atoms with Crippen LogP contribution in [0.4, 0.5) is 0 Å². The zero-order chi connectivity index (χ0) is 14.7. The van der Waals surface area contributed by atoms with Crippen LogP contribution in [0.15, 0.2) is 34.8 Å². The molecule has 0 amide bonds. The van der Waals surface area contributed by atoms with Gasteiger partial charge in [0.1, 0.15) is 11.5 Å². The predicted molar refractivity (Wildman–Crippen MR) is 77.6 cm³/mol. The average molecular weight is 299 g/mol. The molecule has 2 atom stereocenters. The molecule has 0 aromatic heterocycles. The third-order valence-electron chi connectivity index (χ3n) is 3.90. The first-order valence-corrected chi connectivity index (χ1v) is 7.35. The molecule has 6 heteroatoms. The second kappa shape index (κ2) is 4.14. The Hall–Kier alpha value is -2.21. The Labute approximate surface area is 123 Å². The van der Waals surface area contributed by atoms with Crippen LogP contribution in [0, 0.1) is 0 Å². The van der Waals surface area contributed by atoms with Crippen molar-refractivity contribution in [1.29, 1.82) is 0 Å². The highest BCUT2D eigenvalue weighted by Gasteiger charge is 2.48. The van der Waals surface area contributed by atoms with Crippen LogP contribution in [0.25, 0.3) is 5.76 Å². The molecule has 3 aliphatic rings. The van der Waals surface area contributed by atoms with Gasteiger partial charge in [-0.15, -0.1) is 0 Å². The summed E-state index contributed by atoms with van der Waals surface area (Å²) >= 11 is 0.946. The lowest BCUT2D eigenvalue weighted by molar-refractivity contribution is -0.115. The molecule has 5 nitrogen and oxygen atoms in total. The van der Waals surface area contributed by atoms with Crippen molar-refractivity contribution in [2.75, 3.05) is 0 Å². The van der Waals surface area contributed by atoms with Crippen LogP contribution in [0.1, 0.15) is 22.3 Å². The van der Waals surface area contributed by atoms with Crippen molar-refractivity contribution < 1.29 is 19.5 Å². The van der Waals surface area contributed by atoms with E-state index in [0.29, 0.717) is 11.1 Å². The number of aliphatic hydroxyl groups excluding tert-OH is 1. The average Bonchev–Trinajstić information content (AvgIpc) is 2.85. The zero-order valence-electron chi connectivity index (χ0n) is 10.7. The quantitative estimate of drug-likeness (QED) is 0.786. The lowest BCUT2D eigenvalue weighted by atomic mass is 9.82. The SMILES string of the molecule is O=C1CC2N=C3C(=O)c4ccccc4C(O)=C3C(=O)C2S1. The topological polar surface area (TPSA) is 83.8 Å². The van der Waals surface area contributed by atoms with Gasteiger partial charge in [-0.25, -0.2) is 0 Å². The summed E-state index contributed by atoms with van der Waals surface area (Å²) in [5.74, 6) is -0.955. The number of nitrogens with zero attached hydrogens (tertiary/aromatic N) is 1. The minimum atomic E-state index is -0.614. The van der Waals surface area contributed by atoms with Gasteiger partial charge in [-0.05, 0) is 0 Å². The van der Waals surface area contributed by atoms with Crippen LogP contribution < -0.4 is 0 Å². The number of ketones is 2. The molecule has 1 saturated heterocycles. The van der Waals surface area contributed by atoms with Gasteiger partial charge in [-0.2, -0.15) is 0 Å². The maximum atomic E-state index is 12.5. The molecular weight excluding hydrogens is 290 g/mol. The third kappa shape index (κ3) is 1.59. The summed E-state index contributed by atoms with van der Waals surface area (Å²) in [5, 5.41) is 9.64. The van der Waals surface area contributed by atoms with Crippen molar-refractivity contribution in [1.82, 2.24) is 0 Å². The smallest absolute Gasteiger partial charge is 0.212 e. The van der Waals surface area contributed by atoms with Crippen LogP contribution in [-0.4, -0.2) is 38.8 Å². The molecule has 0 radical (unpaired) electrons. The van der Waals surface area contributed by atoms with Gasteiger partial charge in [0.15, 0.2) is 10.9 Å². The summed E-state index contributed by atoms with van der Waals surface area (Å²) in [6.45, 7) is 0. The first-order chi connectivity index (χ1) is 10.1. The first-order valence-electron chi connectivity index (χ1n) is 6.47. The highest BCUT2D eigenvalue weighted by atomic mass is 32.2. The fraction of sp³-hybridized carbons (Fsp3) is 0.200. The van der Waals surface area contributed by atoms with Crippen molar-refractivity contribution in [3.63, 3.8) is 0 Å². The number of carbonyl (C=O) groups excluding carboxylic acids is 3. The Morgan fingerprint density at radius 1 is 1.14 bits per heavy atom. The van der Waals surface area contributed by atoms with Gasteiger partial charge >= 0.3 is 0 Å². The Kier molecular flexibility index (Phi) is 2.47. The molecule has 4 rings (SSSR count). The molecule has 2 aliphatic heterocycles. The lowest BCUT2D eigenvalue weighted by Gasteiger charge is -2.27. The Morgan fingerprint density at radius 2 is 1.86 bits per heavy atom. The minimum Gasteiger partial charge on any atom is -0.506 e. The van der Waals surface area contributed by atoms with E-state index in [1.54, 1.807) is 24.3 Å². The number of fused-ring (bicyclic) bond motifs is 3. The van der Waals surface area contributed by atoms with E-state index in [2.05, 4.69) is 4.99 Å². The molecule has 104 valence electrons. The highest BCUT2D eigenvalue weighted by molar-refractivity contribution is 8.15. The molecule has 1 aromatic rings. The third-order valence-corrected chi connectivity index (χ3v) is 5.11. The number of Topliss-reactive ketones (excluding diaryl/α,β-unsaturated/α-hetero) is 2. The van der Waals surface area contributed by atoms with Crippen LogP contribution in [0.3, 0.4) is 0 Å². The monoisotopic (exact) mass is 299 g/mol. The largest absolute Gasteiger partial charge is 0.506 e. The van der Waals surface area contributed by atoms with Gasteiger partial charge in [-0.3, -0.25) is 19.4 Å². The fourth-order valence-electron chi connectivity index (χ4n) is 2.93. The van der Waals surface area contributed by atoms with Crippen molar-refractivity contribution >= 4 is 39.9 Å². The number of rotatable bonds is 0. The summed E-state index contributed by atoms with van der Waals surface area (Å²) < 4.78 is 0. The predicted octanol–water partition coefficient (Wildman–Crippen LogP) is 1.58. The molecule has 0 saturated carbocycles. The van der Waals surface area contributed by atoms with E-state index in [1.165, 1.54) is 0 Å². The summed E-state index contributed by atoms with van der Waals surface area (Å²) in [7, 11) is 0. The molecule has 0 spiro atoms. The number of aliphatic imine (C=N–C) groups is 1. The van der Waals surface area contributed by atoms with Crippen molar-refractivity contribution in [3.8, 4) is 0 Å². The van der Waals surface area contributed by atoms with Crippen LogP contribution in [0.2, 0.25) is 0 Å². The Morgan fingerprint density at radius 3 is 2.62 bits per heavy atom. The van der Waals surface area contributed by atoms with Gasteiger partial charge in [-0.1, -0.05) is 36.0 Å². The van der Waals surface area contributed by atoms with Crippen LogP contribution in [-0.2, 0) is 9.59 Å². The highest BCUT2D eigenvalue weighted by Crippen LogP contribution is 2.40. The number of carbonyl (C=O) groups is 3. The van der Waals surface area contributed by atoms with Crippen molar-refractivity contribution in [2.24, 2.45) is 4.99 Å². The van der Waals surface area contributed by atoms with Gasteiger partial charge < -0.3 is 5.11 Å². The van der Waals surface area contributed by atoms with E-state index in [0.717, 1.165) is 11.8 Å². The molecule has 1 N–H and O–H groups in total. The lowest BCUT2D eigenvalue weighted by Crippen LogP contribution is -2.41. The maximum Gasteiger partial charge on any atom is 0.212 e. The normalized spacial score (nSPS) is 27.2. The van der Waals surface area contributed by atoms with Crippen LogP contribution >= 0.6 is 11.8 Å². The van der Waals surface area contributed by atoms with E-state index in [4.69, 9.17) is 0 Å². The second-order valence-electron chi connectivity index (χ2n) is 5.12. The maximum absolute atomic E-state index is 12.5. The number of thioether (sulfide) groups is 1. The van der Waals surface area contributed by atoms with Crippen LogP contribution in [0.5, 0.6) is 0 Å². The first kappa shape index (κ1) is 12.5. The summed E-state index contributed by atoms with van der Waals surface area (Å²) in [4.78, 5) is 40.8. The van der Waals surface area contributed by atoms with E-state index in [9.17, 15) is 19.5 Å². The number of allylic oxidation sites excluding steroid dienone is 1. The van der Waals surface area contributed by atoms with Gasteiger partial charge in [0, 0.05) is 17.5 Å². The van der Waals surface area contributed by atoms with E-state index >= 15 is 0 Å². The van der Waals surface area contributed by atoms with Gasteiger partial charge in [0.25, 0.3) is 0 Å². The second-order valence-corrected chi connectivity index (χ2v) is 6.32. The molecule has 2 unspecified atom stereocenters. The molecule has 0 bridgehead atoms. The van der Waals surface area contributed by atoms with Crippen molar-refractivity contribution in [2.45, 2.75) is 17.7 Å². The molecule has 21 heavy (non-hydrogen) atoms. The number of benzene rings is 1. The summed E-state index contributed by atoms with van der Waals surface area (Å²) in [6.07, 6.45) is 0.160. The van der Waals surface area contributed by atoms with Gasteiger partial charge in [0.05, 0.1) is 16.9 Å². The molecule has 2 heterocycles. The molecule has 1 aliphatic carbocycles. The van der Waals surface area contributed by atoms with E-state index in [1.807, 2.05) is 0 Å². The number of hydrogen-bond donors (Lipinski definition) is 1. The number of aliphatic hydroxyl groups is 1. The fourth-order valence-corrected chi connectivity index (χ4v) is 4.02. The van der Waals surface area contributed by atoms with E-state index < -0.39 is 11.3 Å².